The van der Waals surface area contributed by atoms with E-state index in [9.17, 15) is 91.6 Å². The van der Waals surface area contributed by atoms with Crippen LogP contribution in [0.3, 0.4) is 0 Å². The molecule has 5 aliphatic carbocycles. The zero-order chi connectivity index (χ0) is 64.4. The minimum absolute atomic E-state index is 0.0258. The summed E-state index contributed by atoms with van der Waals surface area (Å²) in [5, 5.41) is 185. The Bertz CT molecular complexity index is 2460. The second-order valence-electron chi connectivity index (χ2n) is 29.2. The van der Waals surface area contributed by atoms with Crippen LogP contribution >= 0.6 is 0 Å². The first-order valence-corrected chi connectivity index (χ1v) is 31.3. The van der Waals surface area contributed by atoms with Gasteiger partial charge in [0, 0.05) is 5.41 Å². The van der Waals surface area contributed by atoms with Gasteiger partial charge in [0.15, 0.2) is 37.6 Å². The summed E-state index contributed by atoms with van der Waals surface area (Å²) in [7, 11) is 0. The zero-order valence-electron chi connectivity index (χ0n) is 51.2. The molecule has 5 aliphatic heterocycles. The maximum Gasteiger partial charge on any atom is 0.335 e. The third-order valence-electron chi connectivity index (χ3n) is 23.8. The van der Waals surface area contributed by atoms with Gasteiger partial charge in [0.1, 0.15) is 110 Å². The van der Waals surface area contributed by atoms with E-state index in [2.05, 4.69) is 47.6 Å². The average Bonchev–Trinajstić information content (AvgIpc) is 0.680. The van der Waals surface area contributed by atoms with Crippen molar-refractivity contribution in [1.82, 2.24) is 0 Å². The highest BCUT2D eigenvalue weighted by Gasteiger charge is 2.70. The van der Waals surface area contributed by atoms with Gasteiger partial charge in [-0.05, 0) is 110 Å². The number of hydrogen-bond acceptors (Lipinski definition) is 27. The number of carbonyl (C=O) groups is 1. The fourth-order valence-electron chi connectivity index (χ4n) is 18.1. The van der Waals surface area contributed by atoms with Gasteiger partial charge in [-0.15, -0.1) is 0 Å². The molecule has 10 rings (SSSR count). The first kappa shape index (κ1) is 69.0. The number of allylic oxidation sites excluding steroid dienone is 2. The number of hydrogen-bond donors (Lipinski definition) is 17. The molecular formula is C60H98O28. The first-order valence-electron chi connectivity index (χ1n) is 31.3. The molecule has 0 radical (unpaired) electrons. The number of carboxylic acids is 1. The van der Waals surface area contributed by atoms with Gasteiger partial charge >= 0.3 is 5.97 Å². The van der Waals surface area contributed by atoms with Gasteiger partial charge in [-0.25, -0.2) is 4.79 Å². The summed E-state index contributed by atoms with van der Waals surface area (Å²) in [6, 6.07) is 0. The maximum absolute atomic E-state index is 12.8. The Hall–Kier alpha value is -1.83. The third-order valence-corrected chi connectivity index (χ3v) is 23.8. The van der Waals surface area contributed by atoms with Crippen LogP contribution in [0.4, 0.5) is 0 Å². The molecule has 0 aromatic heterocycles. The second kappa shape index (κ2) is 25.4. The molecule has 35 atom stereocenters. The smallest absolute Gasteiger partial charge is 0.335 e. The molecule has 28 heteroatoms. The van der Waals surface area contributed by atoms with Crippen molar-refractivity contribution in [2.75, 3.05) is 26.4 Å². The molecule has 506 valence electrons. The van der Waals surface area contributed by atoms with Crippen molar-refractivity contribution in [3.05, 3.63) is 11.6 Å². The fourth-order valence-corrected chi connectivity index (χ4v) is 18.1. The fraction of sp³-hybridized carbons (Fsp3) is 0.950. The number of aliphatic carboxylic acids is 1. The van der Waals surface area contributed by atoms with Crippen LogP contribution in [0.5, 0.6) is 0 Å². The van der Waals surface area contributed by atoms with Crippen molar-refractivity contribution in [2.45, 2.75) is 279 Å². The zero-order valence-corrected chi connectivity index (χ0v) is 51.2. The highest BCUT2D eigenvalue weighted by atomic mass is 16.8. The molecule has 28 nitrogen and oxygen atoms in total. The van der Waals surface area contributed by atoms with E-state index >= 15 is 0 Å². The van der Waals surface area contributed by atoms with Crippen LogP contribution in [0.2, 0.25) is 0 Å². The molecule has 0 aromatic rings. The van der Waals surface area contributed by atoms with E-state index in [0.29, 0.717) is 25.7 Å². The highest BCUT2D eigenvalue weighted by Crippen LogP contribution is 2.76. The lowest BCUT2D eigenvalue weighted by molar-refractivity contribution is -0.410. The third kappa shape index (κ3) is 11.5. The van der Waals surface area contributed by atoms with Crippen LogP contribution < -0.4 is 0 Å². The molecule has 9 fully saturated rings. The van der Waals surface area contributed by atoms with Crippen LogP contribution in [0, 0.1) is 50.2 Å². The maximum atomic E-state index is 12.8. The summed E-state index contributed by atoms with van der Waals surface area (Å²) in [6.45, 7) is 14.4. The van der Waals surface area contributed by atoms with Crippen LogP contribution in [-0.2, 0) is 52.2 Å². The van der Waals surface area contributed by atoms with Crippen LogP contribution in [0.15, 0.2) is 11.6 Å². The van der Waals surface area contributed by atoms with Crippen LogP contribution in [-0.4, -0.2) is 285 Å². The monoisotopic (exact) mass is 1270 g/mol. The van der Waals surface area contributed by atoms with Gasteiger partial charge in [-0.3, -0.25) is 0 Å². The number of aliphatic hydroxyl groups is 16. The molecule has 0 spiro atoms. The molecule has 0 aromatic carbocycles. The highest BCUT2D eigenvalue weighted by molar-refractivity contribution is 5.73. The molecule has 88 heavy (non-hydrogen) atoms. The van der Waals surface area contributed by atoms with Gasteiger partial charge in [0.2, 0.25) is 0 Å². The predicted molar refractivity (Wildman–Crippen MR) is 296 cm³/mol. The minimum Gasteiger partial charge on any atom is -0.479 e. The standard InChI is InChI=1S/C60H98O28/c1-23-33(65)37(69)43(75)51(80-23)88-48-45(85-52-44(76)39(71)35(67)27(20-62)82-52)36(68)28(21-63)83-54(48)87-47-41(73)40(72)46(49(77)78)86-53(47)84-32-12-13-58(6)29(55(32,2)3)11-14-60(8)30(58)10-9-24-25-17-56(4,18-31(64)57(25,5)15-16-59(24,60)7)22-79-50-42(74)38(70)34(66)26(19-61)81-50/h9,23,25-48,50-54,61-76H,10-22H2,1-8H3,(H,77,78)/t23-,25-,26+,27+,28+,29-,30+,31?,32-,33-,34+,35+,36-,37+,38-,39-,40-,41-,42+,43+,44+,45-,46-,47+,48+,50+,51-,52-,53+,54-,56+,57+,58-,59+,60+/m0/s1. The molecule has 10 aliphatic rings. The summed E-state index contributed by atoms with van der Waals surface area (Å²) in [5.74, 6) is -1.58. The first-order chi connectivity index (χ1) is 41.2. The quantitative estimate of drug-likeness (QED) is 0.0555. The SMILES string of the molecule is C[C@@H]1O[C@@H](O[C@H]2[C@H](O[C@H]3[C@H](O[C@H]4CC[C@]5(C)[C@H]6CC=C7[C@@H]8C[C@@](C)(CO[C@@H]9O[C@H](CO)[C@@H](O)[C@H](O)[C@H]9O)CC(O)[C@]8(C)CC[C@@]7(C)[C@]6(C)CC[C@H]5C4(C)C)O[C@H](C(=O)O)[C@@H](O)[C@@H]3O)O[C@H](CO)[C@H](O)[C@@H]2O[C@@H]2O[C@H](CO)[C@@H](O)[C@H](O)[C@H]2O)[C@H](O)[C@H](O)[C@H]1O. The van der Waals surface area contributed by atoms with Crippen LogP contribution in [0.1, 0.15) is 113 Å². The molecule has 0 bridgehead atoms. The van der Waals surface area contributed by atoms with Gasteiger partial charge in [0.05, 0.1) is 44.7 Å². The Morgan fingerprint density at radius 2 is 1.05 bits per heavy atom. The summed E-state index contributed by atoms with van der Waals surface area (Å²) in [4.78, 5) is 12.8. The van der Waals surface area contributed by atoms with Gasteiger partial charge < -0.3 is 134 Å². The van der Waals surface area contributed by atoms with E-state index in [4.69, 9.17) is 47.4 Å². The van der Waals surface area contributed by atoms with E-state index < -0.39 is 208 Å². The number of fused-ring (bicyclic) bond motifs is 7. The lowest BCUT2D eigenvalue weighted by atomic mass is 9.33. The molecule has 1 unspecified atom stereocenters. The van der Waals surface area contributed by atoms with Crippen molar-refractivity contribution >= 4 is 5.97 Å². The number of rotatable bonds is 15. The molecular weight excluding hydrogens is 1170 g/mol. The van der Waals surface area contributed by atoms with Crippen molar-refractivity contribution < 1.29 is 139 Å². The summed E-state index contributed by atoms with van der Waals surface area (Å²) in [6.07, 6.45) is -37.9. The van der Waals surface area contributed by atoms with Crippen molar-refractivity contribution in [3.8, 4) is 0 Å². The van der Waals surface area contributed by atoms with E-state index in [1.54, 1.807) is 0 Å². The number of ether oxygens (including phenoxy) is 10. The number of aliphatic hydroxyl groups excluding tert-OH is 16. The van der Waals surface area contributed by atoms with E-state index in [1.807, 2.05) is 6.92 Å². The Balaban J connectivity index is 0.914. The largest absolute Gasteiger partial charge is 0.479 e. The molecule has 17 N–H and O–H groups in total. The normalized spacial score (nSPS) is 55.5. The topological polar surface area (TPSA) is 453 Å². The summed E-state index contributed by atoms with van der Waals surface area (Å²) < 4.78 is 61.0. The van der Waals surface area contributed by atoms with E-state index in [-0.39, 0.29) is 40.6 Å². The molecule has 4 saturated carbocycles. The second-order valence-corrected chi connectivity index (χ2v) is 29.2. The average molecular weight is 1270 g/mol. The van der Waals surface area contributed by atoms with Gasteiger partial charge in [-0.2, -0.15) is 0 Å². The van der Waals surface area contributed by atoms with Gasteiger partial charge in [-0.1, -0.05) is 60.1 Å². The van der Waals surface area contributed by atoms with Gasteiger partial charge in [0.25, 0.3) is 0 Å². The molecule has 5 heterocycles. The summed E-state index contributed by atoms with van der Waals surface area (Å²) in [5.41, 5.74) is -1.32. The molecule has 0 amide bonds. The van der Waals surface area contributed by atoms with Crippen molar-refractivity contribution in [2.24, 2.45) is 50.2 Å². The van der Waals surface area contributed by atoms with E-state index in [1.165, 1.54) is 12.5 Å². The lowest BCUT2D eigenvalue weighted by Gasteiger charge is -2.72. The Morgan fingerprint density at radius 3 is 1.66 bits per heavy atom. The minimum atomic E-state index is -2.18. The van der Waals surface area contributed by atoms with E-state index in [0.717, 1.165) is 32.1 Å². The Labute approximate surface area is 510 Å². The molecule has 5 saturated heterocycles. The number of carboxylic acid groups (broad SMARTS) is 1. The predicted octanol–water partition coefficient (Wildman–Crippen LogP) is -3.65. The van der Waals surface area contributed by atoms with Crippen molar-refractivity contribution in [1.29, 1.82) is 0 Å². The van der Waals surface area contributed by atoms with Crippen LogP contribution in [0.25, 0.3) is 0 Å². The Morgan fingerprint density at radius 1 is 0.511 bits per heavy atom. The van der Waals surface area contributed by atoms with Crippen molar-refractivity contribution in [3.63, 3.8) is 0 Å². The lowest BCUT2D eigenvalue weighted by Crippen LogP contribution is -2.69. The Kier molecular flexibility index (Phi) is 19.9. The summed E-state index contributed by atoms with van der Waals surface area (Å²) >= 11 is 0.